The van der Waals surface area contributed by atoms with Crippen molar-refractivity contribution in [1.29, 1.82) is 0 Å². The molecule has 2 aromatic rings. The lowest BCUT2D eigenvalue weighted by atomic mass is 9.93. The number of allylic oxidation sites excluding steroid dienone is 1. The molecule has 0 bridgehead atoms. The number of methoxy groups -OCH3 is 2. The minimum atomic E-state index is -1.33. The summed E-state index contributed by atoms with van der Waals surface area (Å²) in [6.45, 7) is 0.582. The Kier molecular flexibility index (Phi) is 8.14. The van der Waals surface area contributed by atoms with Crippen LogP contribution in [0.4, 0.5) is 0 Å². The van der Waals surface area contributed by atoms with Gasteiger partial charge in [0, 0.05) is 31.1 Å². The van der Waals surface area contributed by atoms with Gasteiger partial charge in [-0.15, -0.1) is 0 Å². The van der Waals surface area contributed by atoms with Crippen LogP contribution in [0.5, 0.6) is 17.6 Å². The molecule has 3 aliphatic rings. The summed E-state index contributed by atoms with van der Waals surface area (Å²) in [6.07, 6.45) is 6.75. The minimum Gasteiger partial charge on any atom is -0.497 e. The molecule has 11 nitrogen and oxygen atoms in total. The summed E-state index contributed by atoms with van der Waals surface area (Å²) in [4.78, 5) is 49.8. The van der Waals surface area contributed by atoms with E-state index in [9.17, 15) is 19.5 Å². The van der Waals surface area contributed by atoms with E-state index in [1.54, 1.807) is 25.1 Å². The summed E-state index contributed by atoms with van der Waals surface area (Å²) in [5, 5.41) is 12.8. The van der Waals surface area contributed by atoms with E-state index in [1.165, 1.54) is 7.11 Å². The van der Waals surface area contributed by atoms with Gasteiger partial charge in [-0.1, -0.05) is 24.3 Å². The summed E-state index contributed by atoms with van der Waals surface area (Å²) in [5.41, 5.74) is 0.00621. The van der Waals surface area contributed by atoms with Crippen molar-refractivity contribution in [2.24, 2.45) is 17.8 Å². The zero-order chi connectivity index (χ0) is 29.1. The first-order valence-electron chi connectivity index (χ1n) is 13.9. The first-order chi connectivity index (χ1) is 19.7. The molecule has 218 valence electrons. The van der Waals surface area contributed by atoms with Gasteiger partial charge < -0.3 is 29.5 Å². The molecular formula is C30H36N4O7. The van der Waals surface area contributed by atoms with Crippen LogP contribution >= 0.6 is 0 Å². The molecule has 0 spiro atoms. The Labute approximate surface area is 238 Å². The fourth-order valence-electron chi connectivity index (χ4n) is 5.85. The van der Waals surface area contributed by atoms with Gasteiger partial charge in [0.2, 0.25) is 17.7 Å². The van der Waals surface area contributed by atoms with Crippen molar-refractivity contribution in [2.45, 2.75) is 50.2 Å². The predicted octanol–water partition coefficient (Wildman–Crippen LogP) is 3.09. The molecule has 41 heavy (non-hydrogen) atoms. The number of nitrogens with zero attached hydrogens (tertiary/aromatic N) is 3. The lowest BCUT2D eigenvalue weighted by molar-refractivity contribution is -0.145. The van der Waals surface area contributed by atoms with Crippen LogP contribution in [0, 0.1) is 17.8 Å². The van der Waals surface area contributed by atoms with Crippen molar-refractivity contribution in [3.8, 4) is 28.9 Å². The van der Waals surface area contributed by atoms with E-state index < -0.39 is 35.4 Å². The molecule has 2 heterocycles. The molecule has 2 fully saturated rings. The SMILES string of the molecule is COc1cccc(-c2cc(O[C@@H]3C[C@H]4C(=O)N[C@]5(C(=O)O)C[C@@H]5/C=C\CCCCN(C)C(=O)[C@@H]4C3)nc(OC)n2)c1. The lowest BCUT2D eigenvalue weighted by Crippen LogP contribution is -2.49. The van der Waals surface area contributed by atoms with Gasteiger partial charge in [0.1, 0.15) is 17.4 Å². The van der Waals surface area contributed by atoms with E-state index in [2.05, 4.69) is 15.3 Å². The molecule has 0 saturated heterocycles. The van der Waals surface area contributed by atoms with Gasteiger partial charge in [0.25, 0.3) is 0 Å². The monoisotopic (exact) mass is 564 g/mol. The summed E-state index contributed by atoms with van der Waals surface area (Å²) in [6, 6.07) is 9.19. The number of ether oxygens (including phenoxy) is 3. The first kappa shape index (κ1) is 28.4. The molecular weight excluding hydrogens is 528 g/mol. The van der Waals surface area contributed by atoms with E-state index in [4.69, 9.17) is 14.2 Å². The summed E-state index contributed by atoms with van der Waals surface area (Å²) < 4.78 is 16.9. The predicted molar refractivity (Wildman–Crippen MR) is 148 cm³/mol. The van der Waals surface area contributed by atoms with Crippen molar-refractivity contribution in [3.05, 3.63) is 42.5 Å². The number of benzene rings is 1. The first-order valence-corrected chi connectivity index (χ1v) is 13.9. The third-order valence-corrected chi connectivity index (χ3v) is 8.29. The van der Waals surface area contributed by atoms with Gasteiger partial charge in [0.05, 0.1) is 31.7 Å². The number of carbonyl (C=O) groups excluding carboxylic acids is 2. The number of carboxylic acids is 1. The highest BCUT2D eigenvalue weighted by Gasteiger charge is 2.61. The fraction of sp³-hybridized carbons (Fsp3) is 0.500. The third-order valence-electron chi connectivity index (χ3n) is 8.29. The number of fused-ring (bicyclic) bond motifs is 2. The molecule has 2 N–H and O–H groups in total. The van der Waals surface area contributed by atoms with E-state index >= 15 is 0 Å². The number of nitrogens with one attached hydrogen (secondary N) is 1. The number of hydrogen-bond donors (Lipinski definition) is 2. The largest absolute Gasteiger partial charge is 0.497 e. The molecule has 1 aliphatic heterocycles. The molecule has 0 radical (unpaired) electrons. The molecule has 1 aromatic carbocycles. The van der Waals surface area contributed by atoms with Crippen LogP contribution in [0.1, 0.15) is 38.5 Å². The van der Waals surface area contributed by atoms with E-state index in [0.29, 0.717) is 30.8 Å². The Morgan fingerprint density at radius 2 is 1.90 bits per heavy atom. The van der Waals surface area contributed by atoms with Crippen molar-refractivity contribution in [2.75, 3.05) is 27.8 Å². The van der Waals surface area contributed by atoms with E-state index in [0.717, 1.165) is 24.8 Å². The number of aromatic nitrogens is 2. The minimum absolute atomic E-state index is 0.113. The molecule has 2 aliphatic carbocycles. The number of hydrogen-bond acceptors (Lipinski definition) is 8. The smallest absolute Gasteiger partial charge is 0.330 e. The van der Waals surface area contributed by atoms with Crippen LogP contribution in [0.3, 0.4) is 0 Å². The normalized spacial score (nSPS) is 28.9. The zero-order valence-corrected chi connectivity index (χ0v) is 23.5. The quantitative estimate of drug-likeness (QED) is 0.507. The summed E-state index contributed by atoms with van der Waals surface area (Å²) in [7, 11) is 4.80. The van der Waals surface area contributed by atoms with Crippen LogP contribution in [-0.4, -0.2) is 77.2 Å². The number of amides is 2. The molecule has 5 atom stereocenters. The fourth-order valence-corrected chi connectivity index (χ4v) is 5.85. The average Bonchev–Trinajstić information content (AvgIpc) is 3.51. The topological polar surface area (TPSA) is 140 Å². The van der Waals surface area contributed by atoms with Gasteiger partial charge >= 0.3 is 12.0 Å². The highest BCUT2D eigenvalue weighted by molar-refractivity contribution is 5.94. The lowest BCUT2D eigenvalue weighted by Gasteiger charge is -2.26. The number of carboxylic acid groups (broad SMARTS) is 1. The van der Waals surface area contributed by atoms with Gasteiger partial charge in [-0.2, -0.15) is 9.97 Å². The molecule has 0 unspecified atom stereocenters. The Balaban J connectivity index is 1.40. The average molecular weight is 565 g/mol. The molecule has 1 aromatic heterocycles. The van der Waals surface area contributed by atoms with Gasteiger partial charge in [-0.25, -0.2) is 4.79 Å². The Bertz CT molecular complexity index is 1350. The van der Waals surface area contributed by atoms with Crippen LogP contribution in [0.2, 0.25) is 0 Å². The summed E-state index contributed by atoms with van der Waals surface area (Å²) in [5.74, 6) is -2.36. The Hall–Kier alpha value is -4.15. The van der Waals surface area contributed by atoms with Crippen molar-refractivity contribution in [1.82, 2.24) is 20.2 Å². The molecule has 5 rings (SSSR count). The Morgan fingerprint density at radius 1 is 1.10 bits per heavy atom. The number of carbonyl (C=O) groups is 3. The van der Waals surface area contributed by atoms with E-state index in [-0.39, 0.29) is 30.1 Å². The maximum atomic E-state index is 13.6. The number of aliphatic carboxylic acids is 1. The highest BCUT2D eigenvalue weighted by Crippen LogP contribution is 2.46. The molecule has 2 amide bonds. The van der Waals surface area contributed by atoms with Crippen LogP contribution in [0.15, 0.2) is 42.5 Å². The molecule has 11 heteroatoms. The maximum Gasteiger partial charge on any atom is 0.330 e. The molecule has 2 saturated carbocycles. The number of rotatable bonds is 6. The highest BCUT2D eigenvalue weighted by atomic mass is 16.5. The van der Waals surface area contributed by atoms with Crippen molar-refractivity contribution in [3.63, 3.8) is 0 Å². The summed E-state index contributed by atoms with van der Waals surface area (Å²) >= 11 is 0. The maximum absolute atomic E-state index is 13.6. The van der Waals surface area contributed by atoms with Gasteiger partial charge in [0.15, 0.2) is 0 Å². The van der Waals surface area contributed by atoms with Crippen LogP contribution < -0.4 is 19.5 Å². The van der Waals surface area contributed by atoms with Crippen LogP contribution in [0.25, 0.3) is 11.3 Å². The van der Waals surface area contributed by atoms with E-state index in [1.807, 2.05) is 36.4 Å². The van der Waals surface area contributed by atoms with Crippen molar-refractivity contribution >= 4 is 17.8 Å². The van der Waals surface area contributed by atoms with Gasteiger partial charge in [-0.05, 0) is 50.7 Å². The second-order valence-corrected chi connectivity index (χ2v) is 11.0. The van der Waals surface area contributed by atoms with Crippen LogP contribution in [-0.2, 0) is 14.4 Å². The Morgan fingerprint density at radius 3 is 2.66 bits per heavy atom. The van der Waals surface area contributed by atoms with Gasteiger partial charge in [-0.3, -0.25) is 9.59 Å². The second-order valence-electron chi connectivity index (χ2n) is 11.0. The third kappa shape index (κ3) is 5.98. The second kappa shape index (κ2) is 11.8. The zero-order valence-electron chi connectivity index (χ0n) is 23.5. The standard InChI is InChI=1S/C30H36N4O7/c1-34-12-7-5-4-6-10-19-17-30(19,28(37)38)33-26(35)22-14-21(15-23(22)27(34)36)41-25-16-24(31-29(32-25)40-3)18-9-8-11-20(13-18)39-2/h6,8-11,13,16,19,21-23H,4-5,7,12,14-15,17H2,1-3H3,(H,33,35)(H,37,38)/b10-6-/t19-,21+,22+,23+,30+/m0/s1. The van der Waals surface area contributed by atoms with Crippen molar-refractivity contribution < 1.29 is 33.7 Å².